The number of hydrogen-bond donors (Lipinski definition) is 1. The first-order valence-electron chi connectivity index (χ1n) is 6.21. The van der Waals surface area contributed by atoms with Crippen LogP contribution in [-0.4, -0.2) is 9.97 Å². The van der Waals surface area contributed by atoms with Crippen molar-refractivity contribution >= 4 is 22.6 Å². The lowest BCUT2D eigenvalue weighted by Gasteiger charge is -2.17. The molecule has 0 saturated heterocycles. The van der Waals surface area contributed by atoms with Gasteiger partial charge in [-0.1, -0.05) is 51.1 Å². The summed E-state index contributed by atoms with van der Waals surface area (Å²) in [4.78, 5) is 19.5. The smallest absolute Gasteiger partial charge is 0.264 e. The van der Waals surface area contributed by atoms with Gasteiger partial charge in [-0.3, -0.25) is 4.79 Å². The quantitative estimate of drug-likeness (QED) is 0.823. The highest BCUT2D eigenvalue weighted by molar-refractivity contribution is 14.1. The van der Waals surface area contributed by atoms with Gasteiger partial charge >= 0.3 is 0 Å². The van der Waals surface area contributed by atoms with E-state index in [2.05, 4.69) is 53.3 Å². The monoisotopic (exact) mass is 368 g/mol. The van der Waals surface area contributed by atoms with Gasteiger partial charge in [0.05, 0.1) is 5.69 Å². The van der Waals surface area contributed by atoms with Gasteiger partial charge in [-0.25, -0.2) is 4.98 Å². The molecule has 0 aliphatic rings. The van der Waals surface area contributed by atoms with Gasteiger partial charge in [0, 0.05) is 12.0 Å². The SMILES string of the molecule is CC(C)(C)Cc1nc(-c2ccccc2)c(I)c(=O)[nH]1. The molecule has 0 radical (unpaired) electrons. The summed E-state index contributed by atoms with van der Waals surface area (Å²) in [5.41, 5.74) is 1.78. The van der Waals surface area contributed by atoms with Crippen LogP contribution in [0.4, 0.5) is 0 Å². The maximum absolute atomic E-state index is 12.0. The Labute approximate surface area is 126 Å². The molecule has 0 spiro atoms. The van der Waals surface area contributed by atoms with Crippen LogP contribution in [0.3, 0.4) is 0 Å². The fourth-order valence-electron chi connectivity index (χ4n) is 1.88. The van der Waals surface area contributed by atoms with Gasteiger partial charge in [0.2, 0.25) is 0 Å². The van der Waals surface area contributed by atoms with E-state index in [9.17, 15) is 4.79 Å². The Bertz CT molecular complexity index is 627. The lowest BCUT2D eigenvalue weighted by atomic mass is 9.92. The molecular formula is C15H17IN2O. The Morgan fingerprint density at radius 2 is 1.84 bits per heavy atom. The minimum absolute atomic E-state index is 0.0614. The van der Waals surface area contributed by atoms with E-state index < -0.39 is 0 Å². The molecule has 0 aliphatic carbocycles. The Balaban J connectivity index is 2.53. The summed E-state index contributed by atoms with van der Waals surface area (Å²) in [5, 5.41) is 0. The molecule has 1 N–H and O–H groups in total. The van der Waals surface area contributed by atoms with E-state index in [1.165, 1.54) is 0 Å². The average Bonchev–Trinajstić information content (AvgIpc) is 2.33. The summed E-state index contributed by atoms with van der Waals surface area (Å²) < 4.78 is 0.640. The van der Waals surface area contributed by atoms with E-state index >= 15 is 0 Å². The summed E-state index contributed by atoms with van der Waals surface area (Å²) >= 11 is 2.06. The van der Waals surface area contributed by atoms with Crippen LogP contribution in [0.25, 0.3) is 11.3 Å². The zero-order valence-electron chi connectivity index (χ0n) is 11.3. The predicted molar refractivity (Wildman–Crippen MR) is 86.2 cm³/mol. The third-order valence-corrected chi connectivity index (χ3v) is 3.66. The first-order valence-corrected chi connectivity index (χ1v) is 7.29. The molecule has 0 fully saturated rings. The zero-order valence-corrected chi connectivity index (χ0v) is 13.5. The van der Waals surface area contributed by atoms with Crippen LogP contribution in [0.2, 0.25) is 0 Å². The number of nitrogens with one attached hydrogen (secondary N) is 1. The van der Waals surface area contributed by atoms with Crippen LogP contribution < -0.4 is 5.56 Å². The first-order chi connectivity index (χ1) is 8.87. The summed E-state index contributed by atoms with van der Waals surface area (Å²) in [7, 11) is 0. The molecule has 1 aromatic carbocycles. The van der Waals surface area contributed by atoms with Crippen LogP contribution >= 0.6 is 22.6 Å². The van der Waals surface area contributed by atoms with Crippen LogP contribution in [0.15, 0.2) is 35.1 Å². The number of aromatic amines is 1. The number of nitrogens with zero attached hydrogens (tertiary/aromatic N) is 1. The van der Waals surface area contributed by atoms with Gasteiger partial charge in [-0.15, -0.1) is 0 Å². The summed E-state index contributed by atoms with van der Waals surface area (Å²) in [6.45, 7) is 6.40. The van der Waals surface area contributed by atoms with Gasteiger partial charge < -0.3 is 4.98 Å². The molecule has 100 valence electrons. The van der Waals surface area contributed by atoms with Crippen molar-refractivity contribution < 1.29 is 0 Å². The zero-order chi connectivity index (χ0) is 14.0. The van der Waals surface area contributed by atoms with E-state index in [0.717, 1.165) is 23.5 Å². The molecule has 0 saturated carbocycles. The fourth-order valence-corrected chi connectivity index (χ4v) is 2.45. The van der Waals surface area contributed by atoms with Gasteiger partial charge in [-0.2, -0.15) is 0 Å². The van der Waals surface area contributed by atoms with Crippen LogP contribution in [-0.2, 0) is 6.42 Å². The van der Waals surface area contributed by atoms with Crippen molar-refractivity contribution in [1.29, 1.82) is 0 Å². The number of hydrogen-bond acceptors (Lipinski definition) is 2. The van der Waals surface area contributed by atoms with Crippen molar-refractivity contribution in [2.75, 3.05) is 0 Å². The van der Waals surface area contributed by atoms with Crippen molar-refractivity contribution in [2.24, 2.45) is 5.41 Å². The maximum Gasteiger partial charge on any atom is 0.264 e. The Hall–Kier alpha value is -1.17. The van der Waals surface area contributed by atoms with Crippen molar-refractivity contribution in [2.45, 2.75) is 27.2 Å². The third-order valence-electron chi connectivity index (χ3n) is 2.66. The molecule has 0 bridgehead atoms. The van der Waals surface area contributed by atoms with E-state index in [1.54, 1.807) is 0 Å². The second-order valence-electron chi connectivity index (χ2n) is 5.78. The Kier molecular flexibility index (Phi) is 4.08. The van der Waals surface area contributed by atoms with Crippen molar-refractivity contribution in [3.8, 4) is 11.3 Å². The molecule has 2 aromatic rings. The number of H-pyrrole nitrogens is 1. The average molecular weight is 368 g/mol. The molecule has 2 rings (SSSR count). The summed E-state index contributed by atoms with van der Waals surface area (Å²) in [5.74, 6) is 0.747. The minimum Gasteiger partial charge on any atom is -0.310 e. The molecular weight excluding hydrogens is 351 g/mol. The molecule has 19 heavy (non-hydrogen) atoms. The van der Waals surface area contributed by atoms with E-state index in [1.807, 2.05) is 30.3 Å². The molecule has 0 atom stereocenters. The first kappa shape index (κ1) is 14.2. The highest BCUT2D eigenvalue weighted by Crippen LogP contribution is 2.23. The van der Waals surface area contributed by atoms with Crippen molar-refractivity contribution in [1.82, 2.24) is 9.97 Å². The van der Waals surface area contributed by atoms with Gasteiger partial charge in [0.1, 0.15) is 9.39 Å². The topological polar surface area (TPSA) is 45.8 Å². The molecule has 0 unspecified atom stereocenters. The van der Waals surface area contributed by atoms with E-state index in [0.29, 0.717) is 3.57 Å². The second-order valence-corrected chi connectivity index (χ2v) is 6.86. The highest BCUT2D eigenvalue weighted by atomic mass is 127. The third kappa shape index (κ3) is 3.65. The molecule has 1 heterocycles. The van der Waals surface area contributed by atoms with Crippen LogP contribution in [0.1, 0.15) is 26.6 Å². The molecule has 1 aromatic heterocycles. The number of rotatable bonds is 2. The van der Waals surface area contributed by atoms with Crippen molar-refractivity contribution in [3.63, 3.8) is 0 Å². The Morgan fingerprint density at radius 3 is 2.42 bits per heavy atom. The van der Waals surface area contributed by atoms with Crippen molar-refractivity contribution in [3.05, 3.63) is 50.1 Å². The normalized spacial score (nSPS) is 11.6. The van der Waals surface area contributed by atoms with E-state index in [4.69, 9.17) is 0 Å². The molecule has 0 amide bonds. The number of aromatic nitrogens is 2. The largest absolute Gasteiger partial charge is 0.310 e. The van der Waals surface area contributed by atoms with Crippen LogP contribution in [0, 0.1) is 8.99 Å². The Morgan fingerprint density at radius 1 is 1.21 bits per heavy atom. The fraction of sp³-hybridized carbons (Fsp3) is 0.333. The lowest BCUT2D eigenvalue weighted by Crippen LogP contribution is -2.20. The standard InChI is InChI=1S/C15H17IN2O/c1-15(2,3)9-11-17-13(12(16)14(19)18-11)10-7-5-4-6-8-10/h4-8H,9H2,1-3H3,(H,17,18,19). The minimum atomic E-state index is -0.0614. The highest BCUT2D eigenvalue weighted by Gasteiger charge is 2.16. The van der Waals surface area contributed by atoms with E-state index in [-0.39, 0.29) is 11.0 Å². The second kappa shape index (κ2) is 5.45. The number of halogens is 1. The number of benzene rings is 1. The van der Waals surface area contributed by atoms with Gasteiger partial charge in [0.25, 0.3) is 5.56 Å². The molecule has 3 nitrogen and oxygen atoms in total. The van der Waals surface area contributed by atoms with Crippen LogP contribution in [0.5, 0.6) is 0 Å². The lowest BCUT2D eigenvalue weighted by molar-refractivity contribution is 0.400. The summed E-state index contributed by atoms with van der Waals surface area (Å²) in [6, 6.07) is 9.82. The van der Waals surface area contributed by atoms with Gasteiger partial charge in [0.15, 0.2) is 0 Å². The maximum atomic E-state index is 12.0. The predicted octanol–water partition coefficient (Wildman–Crippen LogP) is 3.63. The molecule has 4 heteroatoms. The summed E-state index contributed by atoms with van der Waals surface area (Å²) in [6.07, 6.45) is 0.749. The van der Waals surface area contributed by atoms with Gasteiger partial charge in [-0.05, 0) is 28.0 Å². The molecule has 0 aliphatic heterocycles.